The zero-order chi connectivity index (χ0) is 14.1. The van der Waals surface area contributed by atoms with Gasteiger partial charge in [0.1, 0.15) is 5.75 Å². The monoisotopic (exact) mass is 271 g/mol. The number of nitrogens with one attached hydrogen (secondary N) is 1. The summed E-state index contributed by atoms with van der Waals surface area (Å²) in [6.45, 7) is 1.97. The Morgan fingerprint density at radius 3 is 2.90 bits per heavy atom. The van der Waals surface area contributed by atoms with Gasteiger partial charge in [0.2, 0.25) is 0 Å². The van der Waals surface area contributed by atoms with Crippen LogP contribution in [0.1, 0.15) is 5.56 Å². The lowest BCUT2D eigenvalue weighted by molar-refractivity contribution is 0.412. The summed E-state index contributed by atoms with van der Waals surface area (Å²) in [4.78, 5) is 0. The summed E-state index contributed by atoms with van der Waals surface area (Å²) in [5, 5.41) is 14.1. The van der Waals surface area contributed by atoms with Crippen molar-refractivity contribution in [3.63, 3.8) is 0 Å². The highest BCUT2D eigenvalue weighted by Gasteiger charge is 2.20. The highest BCUT2D eigenvalue weighted by atomic mass is 16.5. The number of nitrogens with zero attached hydrogens (tertiary/aromatic N) is 3. The third-order valence-corrected chi connectivity index (χ3v) is 3.06. The van der Waals surface area contributed by atoms with Crippen molar-refractivity contribution in [2.75, 3.05) is 12.8 Å². The van der Waals surface area contributed by atoms with E-state index in [-0.39, 0.29) is 0 Å². The van der Waals surface area contributed by atoms with Crippen LogP contribution in [0.2, 0.25) is 0 Å². The number of nitrogens with two attached hydrogens (primary N) is 1. The molecule has 3 aromatic rings. The third-order valence-electron chi connectivity index (χ3n) is 3.06. The summed E-state index contributed by atoms with van der Waals surface area (Å²) in [6.07, 6.45) is 1.55. The molecule has 0 aliphatic rings. The van der Waals surface area contributed by atoms with Crippen molar-refractivity contribution in [2.45, 2.75) is 6.92 Å². The fraction of sp³-hybridized carbons (Fsp3) is 0.154. The molecular weight excluding hydrogens is 258 g/mol. The number of ether oxygens (including phenoxy) is 1. The van der Waals surface area contributed by atoms with Gasteiger partial charge in [-0.15, -0.1) is 0 Å². The zero-order valence-corrected chi connectivity index (χ0v) is 11.0. The second-order valence-corrected chi connectivity index (χ2v) is 4.31. The molecule has 2 aromatic heterocycles. The van der Waals surface area contributed by atoms with Gasteiger partial charge in [-0.25, -0.2) is 0 Å². The second kappa shape index (κ2) is 4.69. The third kappa shape index (κ3) is 1.89. The number of methoxy groups -OCH3 is 1. The number of hydrogen-bond acceptors (Lipinski definition) is 6. The van der Waals surface area contributed by atoms with Crippen LogP contribution in [0.3, 0.4) is 0 Å². The molecule has 7 heteroatoms. The molecule has 2 heterocycles. The van der Waals surface area contributed by atoms with Crippen LogP contribution in [0.25, 0.3) is 22.6 Å². The van der Waals surface area contributed by atoms with E-state index in [1.165, 1.54) is 0 Å². The number of rotatable bonds is 3. The Bertz CT molecular complexity index is 733. The maximum absolute atomic E-state index is 5.91. The number of aromatic amines is 1. The molecular formula is C13H13N5O2. The van der Waals surface area contributed by atoms with Gasteiger partial charge >= 0.3 is 0 Å². The van der Waals surface area contributed by atoms with Crippen molar-refractivity contribution in [3.05, 3.63) is 30.0 Å². The number of aryl methyl sites for hydroxylation is 1. The number of nitrogen functional groups attached to an aromatic ring is 1. The molecule has 0 radical (unpaired) electrons. The van der Waals surface area contributed by atoms with Crippen LogP contribution in [0.4, 0.5) is 5.82 Å². The predicted octanol–water partition coefficient (Wildman–Crippen LogP) is 2.03. The molecule has 7 nitrogen and oxygen atoms in total. The average Bonchev–Trinajstić information content (AvgIpc) is 3.08. The zero-order valence-electron chi connectivity index (χ0n) is 11.0. The van der Waals surface area contributed by atoms with E-state index in [9.17, 15) is 0 Å². The summed E-state index contributed by atoms with van der Waals surface area (Å²) in [6, 6.07) is 5.78. The van der Waals surface area contributed by atoms with Gasteiger partial charge in [0.15, 0.2) is 17.3 Å². The minimum Gasteiger partial charge on any atom is -0.496 e. The van der Waals surface area contributed by atoms with E-state index in [2.05, 4.69) is 20.6 Å². The molecule has 1 aromatic carbocycles. The van der Waals surface area contributed by atoms with Crippen molar-refractivity contribution >= 4 is 5.82 Å². The van der Waals surface area contributed by atoms with Crippen LogP contribution in [-0.4, -0.2) is 27.7 Å². The van der Waals surface area contributed by atoms with E-state index in [1.54, 1.807) is 13.3 Å². The van der Waals surface area contributed by atoms with Gasteiger partial charge in [0.05, 0.1) is 18.9 Å². The van der Waals surface area contributed by atoms with E-state index in [4.69, 9.17) is 15.0 Å². The minimum absolute atomic E-state index is 0.300. The van der Waals surface area contributed by atoms with Gasteiger partial charge in [-0.2, -0.15) is 15.4 Å². The molecule has 0 amide bonds. The Hall–Kier alpha value is -2.83. The van der Waals surface area contributed by atoms with E-state index >= 15 is 0 Å². The van der Waals surface area contributed by atoms with Crippen LogP contribution < -0.4 is 10.5 Å². The Labute approximate surface area is 114 Å². The summed E-state index contributed by atoms with van der Waals surface area (Å²) < 4.78 is 10.6. The van der Waals surface area contributed by atoms with E-state index < -0.39 is 0 Å². The van der Waals surface area contributed by atoms with Crippen molar-refractivity contribution < 1.29 is 9.26 Å². The van der Waals surface area contributed by atoms with Crippen LogP contribution >= 0.6 is 0 Å². The van der Waals surface area contributed by atoms with Crippen LogP contribution in [0.15, 0.2) is 28.9 Å². The van der Waals surface area contributed by atoms with Crippen LogP contribution in [0, 0.1) is 6.92 Å². The quantitative estimate of drug-likeness (QED) is 0.755. The molecule has 0 fully saturated rings. The van der Waals surface area contributed by atoms with Gasteiger partial charge in [-0.1, -0.05) is 17.3 Å². The Morgan fingerprint density at radius 2 is 2.20 bits per heavy atom. The van der Waals surface area contributed by atoms with Crippen molar-refractivity contribution in [1.82, 2.24) is 20.6 Å². The lowest BCUT2D eigenvalue weighted by Gasteiger charge is -2.07. The summed E-state index contributed by atoms with van der Waals surface area (Å²) in [5.74, 6) is 1.55. The van der Waals surface area contributed by atoms with Crippen molar-refractivity contribution in [1.29, 1.82) is 0 Å². The first-order valence-electron chi connectivity index (χ1n) is 5.97. The standard InChI is InChI=1S/C13H13N5O2/c1-7-3-4-8(5-10(7)19-2)11-12(20-17-13(11)14)9-6-15-18-16-9/h3-6H,1-2H3,(H2,14,17)(H,15,16,18). The second-order valence-electron chi connectivity index (χ2n) is 4.31. The lowest BCUT2D eigenvalue weighted by Crippen LogP contribution is -1.92. The number of hydrogen-bond donors (Lipinski definition) is 2. The number of H-pyrrole nitrogens is 1. The number of anilines is 1. The molecule has 102 valence electrons. The maximum atomic E-state index is 5.91. The highest BCUT2D eigenvalue weighted by molar-refractivity contribution is 5.85. The molecule has 0 saturated carbocycles. The smallest absolute Gasteiger partial charge is 0.198 e. The predicted molar refractivity (Wildman–Crippen MR) is 73.0 cm³/mol. The molecule has 3 rings (SSSR count). The lowest BCUT2D eigenvalue weighted by atomic mass is 10.0. The average molecular weight is 271 g/mol. The molecule has 0 aliphatic heterocycles. The topological polar surface area (TPSA) is 103 Å². The molecule has 0 spiro atoms. The van der Waals surface area contributed by atoms with Crippen LogP contribution in [0.5, 0.6) is 5.75 Å². The number of aromatic nitrogens is 4. The molecule has 0 unspecified atom stereocenters. The first-order chi connectivity index (χ1) is 9.70. The normalized spacial score (nSPS) is 10.7. The SMILES string of the molecule is COc1cc(-c2c(N)noc2-c2cn[nH]n2)ccc1C. The van der Waals surface area contributed by atoms with Crippen LogP contribution in [-0.2, 0) is 0 Å². The minimum atomic E-state index is 0.300. The Kier molecular flexibility index (Phi) is 2.86. The molecule has 3 N–H and O–H groups in total. The summed E-state index contributed by atoms with van der Waals surface area (Å²) in [7, 11) is 1.63. The fourth-order valence-electron chi connectivity index (χ4n) is 2.04. The van der Waals surface area contributed by atoms with Gasteiger partial charge < -0.3 is 15.0 Å². The molecule has 0 aliphatic carbocycles. The van der Waals surface area contributed by atoms with Crippen molar-refractivity contribution in [2.24, 2.45) is 0 Å². The molecule has 20 heavy (non-hydrogen) atoms. The van der Waals surface area contributed by atoms with Gasteiger partial charge in [-0.05, 0) is 24.1 Å². The number of benzene rings is 1. The first-order valence-corrected chi connectivity index (χ1v) is 5.97. The highest BCUT2D eigenvalue weighted by Crippen LogP contribution is 2.37. The van der Waals surface area contributed by atoms with Crippen molar-refractivity contribution in [3.8, 4) is 28.3 Å². The summed E-state index contributed by atoms with van der Waals surface area (Å²) >= 11 is 0. The van der Waals surface area contributed by atoms with E-state index in [0.29, 0.717) is 22.8 Å². The molecule has 0 bridgehead atoms. The fourth-order valence-corrected chi connectivity index (χ4v) is 2.04. The van der Waals surface area contributed by atoms with Gasteiger partial charge in [0, 0.05) is 0 Å². The molecule has 0 saturated heterocycles. The first kappa shape index (κ1) is 12.2. The largest absolute Gasteiger partial charge is 0.496 e. The molecule has 0 atom stereocenters. The summed E-state index contributed by atoms with van der Waals surface area (Å²) in [5.41, 5.74) is 9.02. The van der Waals surface area contributed by atoms with E-state index in [1.807, 2.05) is 25.1 Å². The Morgan fingerprint density at radius 1 is 1.35 bits per heavy atom. The van der Waals surface area contributed by atoms with E-state index in [0.717, 1.165) is 16.9 Å². The van der Waals surface area contributed by atoms with Gasteiger partial charge in [-0.3, -0.25) is 0 Å². The van der Waals surface area contributed by atoms with Gasteiger partial charge in [0.25, 0.3) is 0 Å². The Balaban J connectivity index is 2.17. The maximum Gasteiger partial charge on any atom is 0.198 e.